The normalized spacial score (nSPS) is 18.9. The second kappa shape index (κ2) is 5.05. The minimum absolute atomic E-state index is 0.128. The van der Waals surface area contributed by atoms with Gasteiger partial charge in [-0.2, -0.15) is 0 Å². The van der Waals surface area contributed by atoms with Crippen LogP contribution in [-0.2, 0) is 19.4 Å². The SMILES string of the molecule is CC(N)Cc1nccn1CC1Cc2ccccc2O1. The average molecular weight is 257 g/mol. The summed E-state index contributed by atoms with van der Waals surface area (Å²) in [5.41, 5.74) is 7.14. The van der Waals surface area contributed by atoms with Gasteiger partial charge in [0.2, 0.25) is 0 Å². The van der Waals surface area contributed by atoms with Crippen molar-refractivity contribution in [1.29, 1.82) is 0 Å². The van der Waals surface area contributed by atoms with Gasteiger partial charge in [-0.3, -0.25) is 0 Å². The molecule has 2 atom stereocenters. The van der Waals surface area contributed by atoms with Crippen LogP contribution in [0.5, 0.6) is 5.75 Å². The van der Waals surface area contributed by atoms with Crippen LogP contribution in [0.25, 0.3) is 0 Å². The van der Waals surface area contributed by atoms with Crippen LogP contribution in [0, 0.1) is 0 Å². The van der Waals surface area contributed by atoms with E-state index in [0.29, 0.717) is 0 Å². The van der Waals surface area contributed by atoms with Gasteiger partial charge in [-0.1, -0.05) is 18.2 Å². The number of nitrogens with zero attached hydrogens (tertiary/aromatic N) is 2. The van der Waals surface area contributed by atoms with Crippen LogP contribution < -0.4 is 10.5 Å². The lowest BCUT2D eigenvalue weighted by Gasteiger charge is -2.14. The van der Waals surface area contributed by atoms with Gasteiger partial charge in [0, 0.05) is 31.3 Å². The molecule has 1 aromatic heterocycles. The van der Waals surface area contributed by atoms with Crippen LogP contribution in [0.15, 0.2) is 36.7 Å². The van der Waals surface area contributed by atoms with Gasteiger partial charge in [0.25, 0.3) is 0 Å². The van der Waals surface area contributed by atoms with Gasteiger partial charge < -0.3 is 15.0 Å². The number of benzene rings is 1. The number of para-hydroxylation sites is 1. The molecule has 2 N–H and O–H groups in total. The Balaban J connectivity index is 1.69. The van der Waals surface area contributed by atoms with Gasteiger partial charge in [-0.05, 0) is 18.6 Å². The molecular weight excluding hydrogens is 238 g/mol. The number of fused-ring (bicyclic) bond motifs is 1. The van der Waals surface area contributed by atoms with Crippen LogP contribution in [0.4, 0.5) is 0 Å². The van der Waals surface area contributed by atoms with Gasteiger partial charge >= 0.3 is 0 Å². The van der Waals surface area contributed by atoms with E-state index in [1.165, 1.54) is 5.56 Å². The molecule has 1 aromatic carbocycles. The zero-order chi connectivity index (χ0) is 13.2. The molecule has 0 bridgehead atoms. The molecule has 2 aromatic rings. The third kappa shape index (κ3) is 2.63. The highest BCUT2D eigenvalue weighted by atomic mass is 16.5. The van der Waals surface area contributed by atoms with Gasteiger partial charge in [-0.25, -0.2) is 4.98 Å². The first kappa shape index (κ1) is 12.2. The topological polar surface area (TPSA) is 53.1 Å². The third-order valence-corrected chi connectivity index (χ3v) is 3.42. The van der Waals surface area contributed by atoms with E-state index < -0.39 is 0 Å². The molecule has 1 aliphatic heterocycles. The standard InChI is InChI=1S/C15H19N3O/c1-11(16)8-15-17-6-7-18(15)10-13-9-12-4-2-3-5-14(12)19-13/h2-7,11,13H,8-10,16H2,1H3. The second-order valence-electron chi connectivity index (χ2n) is 5.23. The van der Waals surface area contributed by atoms with Gasteiger partial charge in [0.05, 0.1) is 6.54 Å². The van der Waals surface area contributed by atoms with Crippen molar-refractivity contribution in [1.82, 2.24) is 9.55 Å². The summed E-state index contributed by atoms with van der Waals surface area (Å²) in [6, 6.07) is 8.37. The summed E-state index contributed by atoms with van der Waals surface area (Å²) in [7, 11) is 0. The Morgan fingerprint density at radius 2 is 2.32 bits per heavy atom. The minimum Gasteiger partial charge on any atom is -0.488 e. The molecule has 0 saturated heterocycles. The largest absolute Gasteiger partial charge is 0.488 e. The molecule has 0 spiro atoms. The number of nitrogens with two attached hydrogens (primary N) is 1. The second-order valence-corrected chi connectivity index (χ2v) is 5.23. The molecule has 0 fully saturated rings. The molecule has 1 aliphatic rings. The van der Waals surface area contributed by atoms with Crippen LogP contribution >= 0.6 is 0 Å². The maximum absolute atomic E-state index is 5.96. The molecule has 0 radical (unpaired) electrons. The Labute approximate surface area is 113 Å². The van der Waals surface area contributed by atoms with E-state index in [-0.39, 0.29) is 12.1 Å². The molecule has 0 aliphatic carbocycles. The lowest BCUT2D eigenvalue weighted by molar-refractivity contribution is 0.207. The fourth-order valence-electron chi connectivity index (χ4n) is 2.56. The summed E-state index contributed by atoms with van der Waals surface area (Å²) in [5, 5.41) is 0. The van der Waals surface area contributed by atoms with Crippen molar-refractivity contribution in [2.24, 2.45) is 5.73 Å². The highest BCUT2D eigenvalue weighted by Gasteiger charge is 2.23. The predicted molar refractivity (Wildman–Crippen MR) is 74.1 cm³/mol. The number of imidazole rings is 1. The van der Waals surface area contributed by atoms with Crippen molar-refractivity contribution in [3.63, 3.8) is 0 Å². The summed E-state index contributed by atoms with van der Waals surface area (Å²) < 4.78 is 8.11. The Bertz CT molecular complexity index is 537. The van der Waals surface area contributed by atoms with Crippen LogP contribution in [0.3, 0.4) is 0 Å². The van der Waals surface area contributed by atoms with E-state index in [0.717, 1.165) is 31.0 Å². The smallest absolute Gasteiger partial charge is 0.123 e. The third-order valence-electron chi connectivity index (χ3n) is 3.42. The van der Waals surface area contributed by atoms with Crippen LogP contribution in [0.1, 0.15) is 18.3 Å². The summed E-state index contributed by atoms with van der Waals surface area (Å²) >= 11 is 0. The van der Waals surface area contributed by atoms with E-state index >= 15 is 0 Å². The molecule has 4 nitrogen and oxygen atoms in total. The quantitative estimate of drug-likeness (QED) is 0.908. The van der Waals surface area contributed by atoms with Crippen molar-refractivity contribution < 1.29 is 4.74 Å². The van der Waals surface area contributed by atoms with Crippen molar-refractivity contribution in [2.45, 2.75) is 38.5 Å². The first-order valence-corrected chi connectivity index (χ1v) is 6.72. The molecule has 4 heteroatoms. The maximum Gasteiger partial charge on any atom is 0.123 e. The van der Waals surface area contributed by atoms with E-state index in [1.54, 1.807) is 0 Å². The fourth-order valence-corrected chi connectivity index (χ4v) is 2.56. The lowest BCUT2D eigenvalue weighted by atomic mass is 10.1. The first-order valence-electron chi connectivity index (χ1n) is 6.72. The molecule has 100 valence electrons. The number of aromatic nitrogens is 2. The Kier molecular flexibility index (Phi) is 3.25. The van der Waals surface area contributed by atoms with Crippen molar-refractivity contribution >= 4 is 0 Å². The van der Waals surface area contributed by atoms with Gasteiger partial charge in [0.1, 0.15) is 17.7 Å². The van der Waals surface area contributed by atoms with E-state index in [2.05, 4.69) is 21.7 Å². The molecule has 2 unspecified atom stereocenters. The predicted octanol–water partition coefficient (Wildman–Crippen LogP) is 1.78. The highest BCUT2D eigenvalue weighted by Crippen LogP contribution is 2.28. The first-order chi connectivity index (χ1) is 9.22. The Morgan fingerprint density at radius 3 is 3.11 bits per heavy atom. The molecular formula is C15H19N3O. The molecule has 0 saturated carbocycles. The number of hydrogen-bond acceptors (Lipinski definition) is 3. The highest BCUT2D eigenvalue weighted by molar-refractivity contribution is 5.37. The molecule has 3 rings (SSSR count). The maximum atomic E-state index is 5.96. The Morgan fingerprint density at radius 1 is 1.47 bits per heavy atom. The lowest BCUT2D eigenvalue weighted by Crippen LogP contribution is -2.25. The molecule has 2 heterocycles. The van der Waals surface area contributed by atoms with Gasteiger partial charge in [0.15, 0.2) is 0 Å². The minimum atomic E-state index is 0.128. The summed E-state index contributed by atoms with van der Waals surface area (Å²) in [5.74, 6) is 2.05. The van der Waals surface area contributed by atoms with E-state index in [1.807, 2.05) is 31.5 Å². The molecule has 19 heavy (non-hydrogen) atoms. The Hall–Kier alpha value is -1.81. The van der Waals surface area contributed by atoms with Crippen LogP contribution in [-0.4, -0.2) is 21.7 Å². The monoisotopic (exact) mass is 257 g/mol. The summed E-state index contributed by atoms with van der Waals surface area (Å²) in [4.78, 5) is 4.37. The average Bonchev–Trinajstić information content (AvgIpc) is 2.95. The van der Waals surface area contributed by atoms with Gasteiger partial charge in [-0.15, -0.1) is 0 Å². The number of rotatable bonds is 4. The van der Waals surface area contributed by atoms with Crippen LogP contribution in [0.2, 0.25) is 0 Å². The fraction of sp³-hybridized carbons (Fsp3) is 0.400. The number of hydrogen-bond donors (Lipinski definition) is 1. The summed E-state index contributed by atoms with van der Waals surface area (Å²) in [6.45, 7) is 2.83. The van der Waals surface area contributed by atoms with E-state index in [9.17, 15) is 0 Å². The molecule has 0 amide bonds. The van der Waals surface area contributed by atoms with Crippen molar-refractivity contribution in [3.8, 4) is 5.75 Å². The zero-order valence-electron chi connectivity index (χ0n) is 11.1. The number of ether oxygens (including phenoxy) is 1. The zero-order valence-corrected chi connectivity index (χ0v) is 11.1. The van der Waals surface area contributed by atoms with Crippen molar-refractivity contribution in [2.75, 3.05) is 0 Å². The van der Waals surface area contributed by atoms with Crippen molar-refractivity contribution in [3.05, 3.63) is 48.0 Å². The van der Waals surface area contributed by atoms with E-state index in [4.69, 9.17) is 10.5 Å². The summed E-state index contributed by atoms with van der Waals surface area (Å²) in [6.07, 6.45) is 5.79.